The number of nitrogens with zero attached hydrogens (tertiary/aromatic N) is 1. The number of hydrogen-bond acceptors (Lipinski definition) is 4. The van der Waals surface area contributed by atoms with Crippen molar-refractivity contribution in [1.29, 1.82) is 0 Å². The minimum atomic E-state index is 0.0829. The van der Waals surface area contributed by atoms with Crippen LogP contribution in [0.25, 0.3) is 0 Å². The lowest BCUT2D eigenvalue weighted by Crippen LogP contribution is -2.54. The number of methoxy groups -OCH3 is 1. The van der Waals surface area contributed by atoms with Crippen LogP contribution in [0.15, 0.2) is 5.38 Å². The standard InChI is InChI=1S/C10H16N2OS/c1-7-6-14-9(12-7)10(11-2)4-8(5-10)13-3/h6,8,11H,4-5H2,1-3H3. The SMILES string of the molecule is CNC1(c2nc(C)cs2)CC(OC)C1. The van der Waals surface area contributed by atoms with Crippen LogP contribution in [0.1, 0.15) is 23.5 Å². The number of aromatic nitrogens is 1. The van der Waals surface area contributed by atoms with Gasteiger partial charge in [0.1, 0.15) is 5.01 Å². The maximum absolute atomic E-state index is 5.31. The van der Waals surface area contributed by atoms with Gasteiger partial charge in [0.05, 0.1) is 11.6 Å². The normalized spacial score (nSPS) is 31.5. The second-order valence-electron chi connectivity index (χ2n) is 3.89. The Hall–Kier alpha value is -0.450. The fourth-order valence-electron chi connectivity index (χ4n) is 1.94. The highest BCUT2D eigenvalue weighted by Crippen LogP contribution is 2.43. The molecule has 1 aromatic rings. The fraction of sp³-hybridized carbons (Fsp3) is 0.700. The van der Waals surface area contributed by atoms with Gasteiger partial charge >= 0.3 is 0 Å². The Bertz CT molecular complexity index is 318. The zero-order valence-electron chi connectivity index (χ0n) is 8.83. The van der Waals surface area contributed by atoms with Crippen LogP contribution in [0.2, 0.25) is 0 Å². The third kappa shape index (κ3) is 1.47. The van der Waals surface area contributed by atoms with Crippen molar-refractivity contribution in [2.45, 2.75) is 31.4 Å². The van der Waals surface area contributed by atoms with Crippen LogP contribution in [0.4, 0.5) is 0 Å². The molecular weight excluding hydrogens is 196 g/mol. The third-order valence-corrected chi connectivity index (χ3v) is 4.16. The average Bonchev–Trinajstić information content (AvgIpc) is 2.52. The van der Waals surface area contributed by atoms with E-state index in [0.29, 0.717) is 6.10 Å². The van der Waals surface area contributed by atoms with Crippen LogP contribution in [0.3, 0.4) is 0 Å². The molecule has 4 heteroatoms. The molecule has 0 aromatic carbocycles. The molecule has 0 radical (unpaired) electrons. The van der Waals surface area contributed by atoms with Crippen LogP contribution < -0.4 is 5.32 Å². The molecular formula is C10H16N2OS. The monoisotopic (exact) mass is 212 g/mol. The molecule has 1 aliphatic carbocycles. The first kappa shape index (κ1) is 10.1. The number of ether oxygens (including phenoxy) is 1. The summed E-state index contributed by atoms with van der Waals surface area (Å²) in [7, 11) is 3.78. The maximum Gasteiger partial charge on any atom is 0.113 e. The van der Waals surface area contributed by atoms with Crippen LogP contribution >= 0.6 is 11.3 Å². The number of hydrogen-bond donors (Lipinski definition) is 1. The molecule has 0 unspecified atom stereocenters. The van der Waals surface area contributed by atoms with Gasteiger partial charge in [-0.25, -0.2) is 4.98 Å². The summed E-state index contributed by atoms with van der Waals surface area (Å²) >= 11 is 1.74. The molecule has 1 saturated carbocycles. The van der Waals surface area contributed by atoms with Crippen molar-refractivity contribution in [2.24, 2.45) is 0 Å². The van der Waals surface area contributed by atoms with Crippen molar-refractivity contribution in [2.75, 3.05) is 14.2 Å². The Morgan fingerprint density at radius 2 is 2.36 bits per heavy atom. The van der Waals surface area contributed by atoms with E-state index in [4.69, 9.17) is 4.74 Å². The van der Waals surface area contributed by atoms with Gasteiger partial charge in [-0.2, -0.15) is 0 Å². The predicted octanol–water partition coefficient (Wildman–Crippen LogP) is 1.68. The van der Waals surface area contributed by atoms with Crippen molar-refractivity contribution >= 4 is 11.3 Å². The van der Waals surface area contributed by atoms with Gasteiger partial charge in [-0.05, 0) is 26.8 Å². The summed E-state index contributed by atoms with van der Waals surface area (Å²) in [5, 5.41) is 6.68. The number of aryl methyl sites for hydroxylation is 1. The second kappa shape index (κ2) is 3.61. The van der Waals surface area contributed by atoms with E-state index in [1.54, 1.807) is 18.4 Å². The first-order valence-electron chi connectivity index (χ1n) is 4.84. The van der Waals surface area contributed by atoms with E-state index in [1.165, 1.54) is 5.01 Å². The summed E-state index contributed by atoms with van der Waals surface area (Å²) < 4.78 is 5.31. The van der Waals surface area contributed by atoms with Crippen molar-refractivity contribution in [3.8, 4) is 0 Å². The highest BCUT2D eigenvalue weighted by molar-refractivity contribution is 7.09. The quantitative estimate of drug-likeness (QED) is 0.827. The Balaban J connectivity index is 2.15. The molecule has 78 valence electrons. The number of rotatable bonds is 3. The first-order valence-corrected chi connectivity index (χ1v) is 5.72. The van der Waals surface area contributed by atoms with E-state index < -0.39 is 0 Å². The first-order chi connectivity index (χ1) is 6.70. The molecule has 0 spiro atoms. The van der Waals surface area contributed by atoms with Crippen molar-refractivity contribution in [3.05, 3.63) is 16.1 Å². The minimum absolute atomic E-state index is 0.0829. The Kier molecular flexibility index (Phi) is 2.60. The molecule has 0 atom stereocenters. The molecule has 0 saturated heterocycles. The fourth-order valence-corrected chi connectivity index (χ4v) is 2.97. The van der Waals surface area contributed by atoms with E-state index in [2.05, 4.69) is 15.7 Å². The minimum Gasteiger partial charge on any atom is -0.381 e. The second-order valence-corrected chi connectivity index (χ2v) is 4.75. The topological polar surface area (TPSA) is 34.2 Å². The third-order valence-electron chi connectivity index (χ3n) is 2.99. The molecule has 1 aliphatic rings. The zero-order chi connectivity index (χ0) is 10.2. The molecule has 2 rings (SSSR count). The molecule has 0 bridgehead atoms. The van der Waals surface area contributed by atoms with Gasteiger partial charge in [-0.1, -0.05) is 0 Å². The predicted molar refractivity (Wildman–Crippen MR) is 57.6 cm³/mol. The molecule has 0 amide bonds. The van der Waals surface area contributed by atoms with E-state index >= 15 is 0 Å². The van der Waals surface area contributed by atoms with E-state index in [1.807, 2.05) is 14.0 Å². The zero-order valence-corrected chi connectivity index (χ0v) is 9.65. The largest absolute Gasteiger partial charge is 0.381 e. The van der Waals surface area contributed by atoms with E-state index in [-0.39, 0.29) is 5.54 Å². The highest BCUT2D eigenvalue weighted by atomic mass is 32.1. The molecule has 1 N–H and O–H groups in total. The summed E-state index contributed by atoms with van der Waals surface area (Å²) in [4.78, 5) is 4.54. The van der Waals surface area contributed by atoms with Crippen LogP contribution in [0, 0.1) is 6.92 Å². The summed E-state index contributed by atoms with van der Waals surface area (Å²) in [5.74, 6) is 0. The lowest BCUT2D eigenvalue weighted by atomic mass is 9.74. The molecule has 1 aromatic heterocycles. The van der Waals surface area contributed by atoms with Crippen molar-refractivity contribution in [3.63, 3.8) is 0 Å². The van der Waals surface area contributed by atoms with Gasteiger partial charge in [0.25, 0.3) is 0 Å². The summed E-state index contributed by atoms with van der Waals surface area (Å²) in [6.45, 7) is 2.04. The van der Waals surface area contributed by atoms with Crippen LogP contribution in [0.5, 0.6) is 0 Å². The Morgan fingerprint density at radius 1 is 1.64 bits per heavy atom. The average molecular weight is 212 g/mol. The van der Waals surface area contributed by atoms with Crippen LogP contribution in [-0.4, -0.2) is 25.2 Å². The highest BCUT2D eigenvalue weighted by Gasteiger charge is 2.46. The molecule has 3 nitrogen and oxygen atoms in total. The van der Waals surface area contributed by atoms with Gasteiger partial charge in [0, 0.05) is 18.2 Å². The molecule has 1 heterocycles. The Morgan fingerprint density at radius 3 is 2.79 bits per heavy atom. The lowest BCUT2D eigenvalue weighted by Gasteiger charge is -2.45. The molecule has 1 fully saturated rings. The van der Waals surface area contributed by atoms with E-state index in [0.717, 1.165) is 18.5 Å². The molecule has 0 aliphatic heterocycles. The van der Waals surface area contributed by atoms with Crippen LogP contribution in [-0.2, 0) is 10.3 Å². The smallest absolute Gasteiger partial charge is 0.113 e. The number of thiazole rings is 1. The van der Waals surface area contributed by atoms with Gasteiger partial charge in [0.2, 0.25) is 0 Å². The van der Waals surface area contributed by atoms with Gasteiger partial charge < -0.3 is 10.1 Å². The van der Waals surface area contributed by atoms with Crippen molar-refractivity contribution in [1.82, 2.24) is 10.3 Å². The maximum atomic E-state index is 5.31. The number of nitrogens with one attached hydrogen (secondary N) is 1. The lowest BCUT2D eigenvalue weighted by molar-refractivity contribution is -0.0300. The van der Waals surface area contributed by atoms with Gasteiger partial charge in [0.15, 0.2) is 0 Å². The molecule has 14 heavy (non-hydrogen) atoms. The Labute approximate surface area is 88.5 Å². The van der Waals surface area contributed by atoms with E-state index in [9.17, 15) is 0 Å². The summed E-state index contributed by atoms with van der Waals surface area (Å²) in [6, 6.07) is 0. The summed E-state index contributed by atoms with van der Waals surface area (Å²) in [5.41, 5.74) is 1.19. The van der Waals surface area contributed by atoms with Gasteiger partial charge in [-0.3, -0.25) is 0 Å². The van der Waals surface area contributed by atoms with Gasteiger partial charge in [-0.15, -0.1) is 11.3 Å². The van der Waals surface area contributed by atoms with Crippen molar-refractivity contribution < 1.29 is 4.74 Å². The summed E-state index contributed by atoms with van der Waals surface area (Å²) in [6.07, 6.45) is 2.46.